The molecule has 0 aromatic heterocycles. The summed E-state index contributed by atoms with van der Waals surface area (Å²) in [5.41, 5.74) is 2.77. The normalized spacial score (nSPS) is 24.3. The summed E-state index contributed by atoms with van der Waals surface area (Å²) >= 11 is 0. The van der Waals surface area contributed by atoms with Crippen LogP contribution in [-0.2, 0) is 14.8 Å². The zero-order valence-corrected chi connectivity index (χ0v) is 17.2. The van der Waals surface area contributed by atoms with Crippen molar-refractivity contribution in [1.29, 1.82) is 0 Å². The molecule has 2 aromatic rings. The fourth-order valence-corrected chi connectivity index (χ4v) is 5.14. The van der Waals surface area contributed by atoms with E-state index in [0.29, 0.717) is 13.1 Å². The summed E-state index contributed by atoms with van der Waals surface area (Å²) in [7, 11) is -3.30. The maximum Gasteiger partial charge on any atom is 0.226 e. The van der Waals surface area contributed by atoms with Gasteiger partial charge in [0.15, 0.2) is 0 Å². The molecule has 1 amide bonds. The number of carbonyl (C=O) groups excluding carboxylic acids is 1. The van der Waals surface area contributed by atoms with Gasteiger partial charge in [-0.2, -0.15) is 0 Å². The molecule has 0 bridgehead atoms. The fraction of sp³-hybridized carbons (Fsp3) is 0.409. The number of hydrogen-bond acceptors (Lipinski definition) is 3. The molecule has 1 saturated carbocycles. The topological polar surface area (TPSA) is 66.5 Å². The molecule has 0 radical (unpaired) electrons. The van der Waals surface area contributed by atoms with Crippen molar-refractivity contribution in [3.05, 3.63) is 59.9 Å². The Morgan fingerprint density at radius 1 is 1.17 bits per heavy atom. The van der Waals surface area contributed by atoms with Crippen LogP contribution >= 0.6 is 0 Å². The third-order valence-electron chi connectivity index (χ3n) is 5.72. The second kappa shape index (κ2) is 7.88. The number of hydrogen-bond donors (Lipinski definition) is 1. The maximum absolute atomic E-state index is 13.9. The molecule has 2 aromatic carbocycles. The lowest BCUT2D eigenvalue weighted by Gasteiger charge is -2.33. The van der Waals surface area contributed by atoms with Crippen LogP contribution in [0.4, 0.5) is 4.39 Å². The molecule has 1 aliphatic heterocycles. The molecule has 7 heteroatoms. The van der Waals surface area contributed by atoms with Crippen LogP contribution in [0.2, 0.25) is 0 Å². The van der Waals surface area contributed by atoms with Gasteiger partial charge in [-0.05, 0) is 54.0 Å². The maximum atomic E-state index is 13.9. The fourth-order valence-electron chi connectivity index (χ4n) is 4.34. The largest absolute Gasteiger partial charge is 0.341 e. The van der Waals surface area contributed by atoms with E-state index in [0.717, 1.165) is 42.2 Å². The first kappa shape index (κ1) is 20.0. The van der Waals surface area contributed by atoms with Crippen molar-refractivity contribution in [2.45, 2.75) is 31.2 Å². The van der Waals surface area contributed by atoms with E-state index >= 15 is 0 Å². The number of halogens is 1. The van der Waals surface area contributed by atoms with Crippen molar-refractivity contribution in [3.8, 4) is 11.1 Å². The SMILES string of the molecule is CS(=O)(=O)N[C@@H]1CCCN(C(=O)[C@@H]2C[C@H]2c2ccc(F)cc2-c2ccccc2)C1. The standard InChI is InChI=1S/C22H25FN2O3S/c1-29(27,28)24-17-8-5-11-25(14-17)22(26)21-13-20(21)18-10-9-16(23)12-19(18)15-6-3-2-4-7-15/h2-4,6-7,9-10,12,17,20-21,24H,5,8,11,13-14H2,1H3/t17-,20+,21-/m1/s1. The van der Waals surface area contributed by atoms with Crippen LogP contribution in [0.5, 0.6) is 0 Å². The van der Waals surface area contributed by atoms with Gasteiger partial charge < -0.3 is 4.90 Å². The van der Waals surface area contributed by atoms with Gasteiger partial charge in [0, 0.05) is 25.0 Å². The molecule has 2 aliphatic rings. The van der Waals surface area contributed by atoms with Gasteiger partial charge in [-0.3, -0.25) is 4.79 Å². The Labute approximate surface area is 171 Å². The van der Waals surface area contributed by atoms with Crippen LogP contribution in [0.25, 0.3) is 11.1 Å². The number of benzene rings is 2. The van der Waals surface area contributed by atoms with Gasteiger partial charge in [0.2, 0.25) is 15.9 Å². The van der Waals surface area contributed by atoms with Crippen molar-refractivity contribution >= 4 is 15.9 Å². The summed E-state index contributed by atoms with van der Waals surface area (Å²) in [5, 5.41) is 0. The Morgan fingerprint density at radius 2 is 1.93 bits per heavy atom. The van der Waals surface area contributed by atoms with Gasteiger partial charge in [-0.1, -0.05) is 36.4 Å². The lowest BCUT2D eigenvalue weighted by Crippen LogP contribution is -2.49. The zero-order chi connectivity index (χ0) is 20.6. The molecular weight excluding hydrogens is 391 g/mol. The van der Waals surface area contributed by atoms with E-state index < -0.39 is 10.0 Å². The lowest BCUT2D eigenvalue weighted by molar-refractivity contribution is -0.133. The Morgan fingerprint density at radius 3 is 2.66 bits per heavy atom. The molecule has 5 nitrogen and oxygen atoms in total. The summed E-state index contributed by atoms with van der Waals surface area (Å²) in [5.74, 6) is -0.276. The van der Waals surface area contributed by atoms with Crippen LogP contribution in [0.1, 0.15) is 30.7 Å². The Balaban J connectivity index is 1.50. The minimum absolute atomic E-state index is 0.0679. The highest BCUT2D eigenvalue weighted by Crippen LogP contribution is 2.51. The first-order chi connectivity index (χ1) is 13.8. The minimum Gasteiger partial charge on any atom is -0.341 e. The molecule has 1 aliphatic carbocycles. The average molecular weight is 417 g/mol. The average Bonchev–Trinajstić information content (AvgIpc) is 3.47. The summed E-state index contributed by atoms with van der Waals surface area (Å²) in [4.78, 5) is 14.8. The molecule has 29 heavy (non-hydrogen) atoms. The number of amides is 1. The number of likely N-dealkylation sites (tertiary alicyclic amines) is 1. The lowest BCUT2D eigenvalue weighted by atomic mass is 9.95. The highest BCUT2D eigenvalue weighted by Gasteiger charge is 2.47. The van der Waals surface area contributed by atoms with E-state index in [1.165, 1.54) is 12.1 Å². The van der Waals surface area contributed by atoms with E-state index in [2.05, 4.69) is 4.72 Å². The monoisotopic (exact) mass is 416 g/mol. The van der Waals surface area contributed by atoms with E-state index in [4.69, 9.17) is 0 Å². The van der Waals surface area contributed by atoms with E-state index in [1.807, 2.05) is 30.3 Å². The second-order valence-corrected chi connectivity index (χ2v) is 9.84. The van der Waals surface area contributed by atoms with Gasteiger partial charge >= 0.3 is 0 Å². The summed E-state index contributed by atoms with van der Waals surface area (Å²) in [6.45, 7) is 1.06. The third kappa shape index (κ3) is 4.67. The minimum atomic E-state index is -3.30. The number of nitrogens with zero attached hydrogens (tertiary/aromatic N) is 1. The van der Waals surface area contributed by atoms with Crippen molar-refractivity contribution in [1.82, 2.24) is 9.62 Å². The molecule has 3 atom stereocenters. The highest BCUT2D eigenvalue weighted by molar-refractivity contribution is 7.88. The van der Waals surface area contributed by atoms with Gasteiger partial charge in [0.05, 0.1) is 6.26 Å². The summed E-state index contributed by atoms with van der Waals surface area (Å²) < 4.78 is 39.6. The third-order valence-corrected chi connectivity index (χ3v) is 6.48. The molecule has 0 spiro atoms. The molecular formula is C22H25FN2O3S. The quantitative estimate of drug-likeness (QED) is 0.814. The molecule has 1 heterocycles. The van der Waals surface area contributed by atoms with E-state index in [1.54, 1.807) is 11.0 Å². The van der Waals surface area contributed by atoms with Crippen LogP contribution in [0, 0.1) is 11.7 Å². The first-order valence-corrected chi connectivity index (χ1v) is 11.8. The van der Waals surface area contributed by atoms with Gasteiger partial charge in [-0.25, -0.2) is 17.5 Å². The summed E-state index contributed by atoms with van der Waals surface area (Å²) in [6.07, 6.45) is 3.40. The molecule has 1 saturated heterocycles. The molecule has 0 unspecified atom stereocenters. The van der Waals surface area contributed by atoms with Crippen LogP contribution in [0.3, 0.4) is 0 Å². The van der Waals surface area contributed by atoms with Gasteiger partial charge in [-0.15, -0.1) is 0 Å². The van der Waals surface area contributed by atoms with Crippen molar-refractivity contribution in [2.75, 3.05) is 19.3 Å². The van der Waals surface area contributed by atoms with E-state index in [-0.39, 0.29) is 29.6 Å². The first-order valence-electron chi connectivity index (χ1n) is 9.93. The number of sulfonamides is 1. The Bertz CT molecular complexity index is 1010. The number of nitrogens with one attached hydrogen (secondary N) is 1. The zero-order valence-electron chi connectivity index (χ0n) is 16.3. The van der Waals surface area contributed by atoms with Crippen LogP contribution in [-0.4, -0.2) is 44.6 Å². The molecule has 4 rings (SSSR count). The molecule has 2 fully saturated rings. The summed E-state index contributed by atoms with van der Waals surface area (Å²) in [6, 6.07) is 14.2. The predicted octanol–water partition coefficient (Wildman–Crippen LogP) is 3.14. The Hall–Kier alpha value is -2.25. The molecule has 154 valence electrons. The van der Waals surface area contributed by atoms with Crippen molar-refractivity contribution in [3.63, 3.8) is 0 Å². The second-order valence-electron chi connectivity index (χ2n) is 8.06. The smallest absolute Gasteiger partial charge is 0.226 e. The number of carbonyl (C=O) groups is 1. The van der Waals surface area contributed by atoms with Gasteiger partial charge in [0.1, 0.15) is 5.82 Å². The van der Waals surface area contributed by atoms with Crippen LogP contribution in [0.15, 0.2) is 48.5 Å². The highest BCUT2D eigenvalue weighted by atomic mass is 32.2. The Kier molecular flexibility index (Phi) is 5.44. The number of piperidine rings is 1. The van der Waals surface area contributed by atoms with Crippen LogP contribution < -0.4 is 4.72 Å². The van der Waals surface area contributed by atoms with Crippen molar-refractivity contribution < 1.29 is 17.6 Å². The van der Waals surface area contributed by atoms with Gasteiger partial charge in [0.25, 0.3) is 0 Å². The van der Waals surface area contributed by atoms with E-state index in [9.17, 15) is 17.6 Å². The number of rotatable bonds is 5. The van der Waals surface area contributed by atoms with Crippen molar-refractivity contribution in [2.24, 2.45) is 5.92 Å². The molecule has 1 N–H and O–H groups in total. The predicted molar refractivity (Wildman–Crippen MR) is 110 cm³/mol.